The van der Waals surface area contributed by atoms with Gasteiger partial charge in [-0.1, -0.05) is 60.7 Å². The summed E-state index contributed by atoms with van der Waals surface area (Å²) in [6.07, 6.45) is -1.15. The largest absolute Gasteiger partial charge is 0.453 e. The lowest BCUT2D eigenvalue weighted by Gasteiger charge is -2.36. The number of amides is 1. The number of benzene rings is 2. The second kappa shape index (κ2) is 9.96. The molecule has 1 aliphatic rings. The highest BCUT2D eigenvalue weighted by Crippen LogP contribution is 2.29. The lowest BCUT2D eigenvalue weighted by Crippen LogP contribution is -2.48. The first-order valence-corrected chi connectivity index (χ1v) is 10.7. The van der Waals surface area contributed by atoms with E-state index >= 15 is 0 Å². The van der Waals surface area contributed by atoms with Gasteiger partial charge >= 0.3 is 12.1 Å². The predicted molar refractivity (Wildman–Crippen MR) is 117 cm³/mol. The molecule has 31 heavy (non-hydrogen) atoms. The number of piperidine rings is 1. The third-order valence-electron chi connectivity index (χ3n) is 5.26. The molecule has 0 aromatic heterocycles. The fraction of sp³-hybridized carbons (Fsp3) is 0.440. The lowest BCUT2D eigenvalue weighted by molar-refractivity contribution is -0.150. The molecule has 2 aromatic rings. The average molecular weight is 426 g/mol. The maximum Gasteiger partial charge on any atom is 0.410 e. The van der Waals surface area contributed by atoms with Gasteiger partial charge in [-0.3, -0.25) is 4.79 Å². The molecule has 1 fully saturated rings. The van der Waals surface area contributed by atoms with Crippen molar-refractivity contribution in [3.8, 4) is 0 Å². The van der Waals surface area contributed by atoms with E-state index in [-0.39, 0.29) is 24.9 Å². The molecule has 3 rings (SSSR count). The van der Waals surface area contributed by atoms with E-state index in [1.54, 1.807) is 20.8 Å². The van der Waals surface area contributed by atoms with Gasteiger partial charge in [0.1, 0.15) is 5.60 Å². The summed E-state index contributed by atoms with van der Waals surface area (Å²) in [7, 11) is 0. The van der Waals surface area contributed by atoms with Crippen molar-refractivity contribution in [2.45, 2.75) is 51.4 Å². The van der Waals surface area contributed by atoms with Gasteiger partial charge in [0.25, 0.3) is 0 Å². The fourth-order valence-corrected chi connectivity index (χ4v) is 3.69. The summed E-state index contributed by atoms with van der Waals surface area (Å²) < 4.78 is 11.2. The Morgan fingerprint density at radius 1 is 1.03 bits per heavy atom. The Hall–Kier alpha value is -2.86. The van der Waals surface area contributed by atoms with E-state index in [9.17, 15) is 14.7 Å². The van der Waals surface area contributed by atoms with Crippen LogP contribution in [0.15, 0.2) is 60.7 Å². The third-order valence-corrected chi connectivity index (χ3v) is 5.26. The first kappa shape index (κ1) is 22.8. The molecule has 1 aliphatic heterocycles. The zero-order valence-electron chi connectivity index (χ0n) is 18.4. The number of likely N-dealkylation sites (tertiary alicyclic amines) is 1. The monoisotopic (exact) mass is 425 g/mol. The van der Waals surface area contributed by atoms with Crippen molar-refractivity contribution < 1.29 is 24.2 Å². The highest BCUT2D eigenvalue weighted by atomic mass is 16.6. The zero-order chi connectivity index (χ0) is 22.4. The summed E-state index contributed by atoms with van der Waals surface area (Å²) in [5.74, 6) is -0.633. The Balaban J connectivity index is 1.61. The van der Waals surface area contributed by atoms with Crippen molar-refractivity contribution in [1.82, 2.24) is 4.90 Å². The number of ether oxygens (including phenoxy) is 2. The van der Waals surface area contributed by atoms with Gasteiger partial charge < -0.3 is 19.5 Å². The molecule has 0 saturated carbocycles. The smallest absolute Gasteiger partial charge is 0.410 e. The Morgan fingerprint density at radius 2 is 1.58 bits per heavy atom. The predicted octanol–water partition coefficient (Wildman–Crippen LogP) is 4.33. The molecule has 0 radical (unpaired) electrons. The van der Waals surface area contributed by atoms with E-state index in [1.165, 1.54) is 4.90 Å². The molecule has 1 heterocycles. The van der Waals surface area contributed by atoms with Crippen molar-refractivity contribution in [1.29, 1.82) is 0 Å². The number of nitrogens with zero attached hydrogens (tertiary/aromatic N) is 1. The Morgan fingerprint density at radius 3 is 2.06 bits per heavy atom. The van der Waals surface area contributed by atoms with Crippen LogP contribution in [0.5, 0.6) is 0 Å². The van der Waals surface area contributed by atoms with E-state index in [0.29, 0.717) is 13.0 Å². The number of aliphatic hydroxyl groups is 1. The van der Waals surface area contributed by atoms with Crippen LogP contribution >= 0.6 is 0 Å². The third kappa shape index (κ3) is 6.56. The van der Waals surface area contributed by atoms with Crippen molar-refractivity contribution >= 4 is 12.1 Å². The van der Waals surface area contributed by atoms with Crippen molar-refractivity contribution in [3.63, 3.8) is 0 Å². The highest BCUT2D eigenvalue weighted by Gasteiger charge is 2.34. The van der Waals surface area contributed by atoms with Gasteiger partial charge in [0, 0.05) is 6.54 Å². The normalized spacial score (nSPS) is 19.2. The van der Waals surface area contributed by atoms with Gasteiger partial charge in [-0.05, 0) is 44.2 Å². The topological polar surface area (TPSA) is 76.1 Å². The summed E-state index contributed by atoms with van der Waals surface area (Å²) in [4.78, 5) is 26.5. The second-order valence-corrected chi connectivity index (χ2v) is 8.94. The SMILES string of the molecule is CC(C)(C)OC(=O)N1CCC(CC(=O)OC(c2ccccc2)c2ccccc2)C(O)C1. The van der Waals surface area contributed by atoms with Crippen LogP contribution in [0.4, 0.5) is 4.79 Å². The van der Waals surface area contributed by atoms with Crippen molar-refractivity contribution in [2.75, 3.05) is 13.1 Å². The van der Waals surface area contributed by atoms with Crippen molar-refractivity contribution in [2.24, 2.45) is 5.92 Å². The molecule has 0 bridgehead atoms. The number of rotatable bonds is 5. The summed E-state index contributed by atoms with van der Waals surface area (Å²) in [6.45, 7) is 6.00. The molecule has 0 aliphatic carbocycles. The van der Waals surface area contributed by atoms with Gasteiger partial charge in [-0.2, -0.15) is 0 Å². The summed E-state index contributed by atoms with van der Waals surface area (Å²) in [5.41, 5.74) is 1.19. The first-order valence-electron chi connectivity index (χ1n) is 10.7. The van der Waals surface area contributed by atoms with Crippen LogP contribution in [0.3, 0.4) is 0 Å². The van der Waals surface area contributed by atoms with Crippen LogP contribution in [0, 0.1) is 5.92 Å². The fourth-order valence-electron chi connectivity index (χ4n) is 3.69. The molecule has 2 aromatic carbocycles. The number of aliphatic hydroxyl groups excluding tert-OH is 1. The Bertz CT molecular complexity index is 823. The molecular formula is C25H31NO5. The Labute approximate surface area is 183 Å². The average Bonchev–Trinajstić information content (AvgIpc) is 2.73. The standard InChI is InChI=1S/C25H31NO5/c1-25(2,3)31-24(29)26-15-14-20(21(27)17-26)16-22(28)30-23(18-10-6-4-7-11-18)19-12-8-5-9-13-19/h4-13,20-21,23,27H,14-17H2,1-3H3. The van der Waals surface area contributed by atoms with E-state index in [0.717, 1.165) is 11.1 Å². The number of hydrogen-bond donors (Lipinski definition) is 1. The maximum atomic E-state index is 12.8. The van der Waals surface area contributed by atoms with Gasteiger partial charge in [0.15, 0.2) is 6.10 Å². The van der Waals surface area contributed by atoms with Crippen LogP contribution in [0.1, 0.15) is 50.8 Å². The molecule has 6 nitrogen and oxygen atoms in total. The minimum Gasteiger partial charge on any atom is -0.453 e. The van der Waals surface area contributed by atoms with E-state index in [4.69, 9.17) is 9.47 Å². The van der Waals surface area contributed by atoms with Gasteiger partial charge in [0.2, 0.25) is 0 Å². The molecule has 6 heteroatoms. The molecule has 1 saturated heterocycles. The molecule has 1 N–H and O–H groups in total. The van der Waals surface area contributed by atoms with Crippen molar-refractivity contribution in [3.05, 3.63) is 71.8 Å². The van der Waals surface area contributed by atoms with E-state index in [2.05, 4.69) is 0 Å². The van der Waals surface area contributed by atoms with Gasteiger partial charge in [-0.15, -0.1) is 0 Å². The number of hydrogen-bond acceptors (Lipinski definition) is 5. The van der Waals surface area contributed by atoms with Gasteiger partial charge in [-0.25, -0.2) is 4.79 Å². The summed E-state index contributed by atoms with van der Waals surface area (Å²) >= 11 is 0. The second-order valence-electron chi connectivity index (χ2n) is 8.94. The quantitative estimate of drug-likeness (QED) is 0.722. The molecule has 166 valence electrons. The first-order chi connectivity index (χ1) is 14.7. The number of β-amino-alcohol motifs (C(OH)–C–C–N with tert-alkyl or cyclic N) is 1. The van der Waals surface area contributed by atoms with E-state index < -0.39 is 23.9 Å². The molecular weight excluding hydrogens is 394 g/mol. The lowest BCUT2D eigenvalue weighted by atomic mass is 9.91. The van der Waals surface area contributed by atoms with Crippen LogP contribution in [0.2, 0.25) is 0 Å². The number of esters is 1. The molecule has 1 amide bonds. The summed E-state index contributed by atoms with van der Waals surface area (Å²) in [5, 5.41) is 10.5. The van der Waals surface area contributed by atoms with E-state index in [1.807, 2.05) is 60.7 Å². The van der Waals surface area contributed by atoms with Gasteiger partial charge in [0.05, 0.1) is 19.1 Å². The highest BCUT2D eigenvalue weighted by molar-refractivity contribution is 5.71. The van der Waals surface area contributed by atoms with Crippen LogP contribution in [0.25, 0.3) is 0 Å². The summed E-state index contributed by atoms with van der Waals surface area (Å²) in [6, 6.07) is 19.2. The molecule has 2 unspecified atom stereocenters. The molecule has 2 atom stereocenters. The zero-order valence-corrected chi connectivity index (χ0v) is 18.4. The van der Waals surface area contributed by atoms with Crippen LogP contribution < -0.4 is 0 Å². The number of carbonyl (C=O) groups is 2. The number of carbonyl (C=O) groups excluding carboxylic acids is 2. The Kier molecular flexibility index (Phi) is 7.33. The minimum atomic E-state index is -0.805. The minimum absolute atomic E-state index is 0.0967. The molecule has 0 spiro atoms. The van der Waals surface area contributed by atoms with Crippen LogP contribution in [-0.2, 0) is 14.3 Å². The van der Waals surface area contributed by atoms with Crippen LogP contribution in [-0.4, -0.2) is 46.9 Å². The maximum absolute atomic E-state index is 12.8.